The molecule has 1 heterocycles. The van der Waals surface area contributed by atoms with E-state index in [0.717, 1.165) is 5.56 Å². The van der Waals surface area contributed by atoms with Crippen molar-refractivity contribution in [2.75, 3.05) is 33.4 Å². The lowest BCUT2D eigenvalue weighted by Crippen LogP contribution is -2.57. The molecular weight excluding hydrogens is 268 g/mol. The van der Waals surface area contributed by atoms with Crippen LogP contribution in [0.4, 0.5) is 0 Å². The third-order valence-corrected chi connectivity index (χ3v) is 3.84. The number of hydrogen-bond donors (Lipinski definition) is 1. The predicted molar refractivity (Wildman–Crippen MR) is 80.7 cm³/mol. The van der Waals surface area contributed by atoms with Gasteiger partial charge in [-0.2, -0.15) is 0 Å². The van der Waals surface area contributed by atoms with Crippen LogP contribution in [0.2, 0.25) is 0 Å². The van der Waals surface area contributed by atoms with Gasteiger partial charge in [-0.3, -0.25) is 4.79 Å². The first-order valence-electron chi connectivity index (χ1n) is 7.36. The van der Waals surface area contributed by atoms with Crippen molar-refractivity contribution in [2.24, 2.45) is 5.73 Å². The minimum absolute atomic E-state index is 0.0193. The summed E-state index contributed by atoms with van der Waals surface area (Å²) in [5, 5.41) is 0. The van der Waals surface area contributed by atoms with E-state index in [4.69, 9.17) is 15.2 Å². The highest BCUT2D eigenvalue weighted by Gasteiger charge is 2.37. The number of carbonyl (C=O) groups is 1. The molecule has 1 saturated heterocycles. The molecule has 1 amide bonds. The summed E-state index contributed by atoms with van der Waals surface area (Å²) in [5.41, 5.74) is 6.55. The monoisotopic (exact) mass is 292 g/mol. The van der Waals surface area contributed by atoms with Crippen molar-refractivity contribution in [3.8, 4) is 0 Å². The molecule has 21 heavy (non-hydrogen) atoms. The number of hydrogen-bond acceptors (Lipinski definition) is 4. The standard InChI is InChI=1S/C16H24N2O3/c1-18(15(19)16(17)7-10-20-11-8-16)9-12-21-13-14-5-3-2-4-6-14/h2-6H,7-13,17H2,1H3. The summed E-state index contributed by atoms with van der Waals surface area (Å²) in [5.74, 6) is -0.0193. The van der Waals surface area contributed by atoms with E-state index in [-0.39, 0.29) is 5.91 Å². The maximum absolute atomic E-state index is 12.4. The second-order valence-electron chi connectivity index (χ2n) is 5.53. The Labute approximate surface area is 126 Å². The Bertz CT molecular complexity index is 444. The van der Waals surface area contributed by atoms with Crippen LogP contribution >= 0.6 is 0 Å². The van der Waals surface area contributed by atoms with Crippen LogP contribution in [-0.4, -0.2) is 49.8 Å². The average molecular weight is 292 g/mol. The molecule has 1 aromatic rings. The quantitative estimate of drug-likeness (QED) is 0.799. The van der Waals surface area contributed by atoms with E-state index >= 15 is 0 Å². The van der Waals surface area contributed by atoms with Crippen molar-refractivity contribution in [1.29, 1.82) is 0 Å². The molecule has 0 spiro atoms. The maximum Gasteiger partial charge on any atom is 0.242 e. The molecule has 2 rings (SSSR count). The number of ether oxygens (including phenoxy) is 2. The molecule has 0 aromatic heterocycles. The zero-order chi connectivity index (χ0) is 15.1. The summed E-state index contributed by atoms with van der Waals surface area (Å²) in [6.07, 6.45) is 1.17. The van der Waals surface area contributed by atoms with Gasteiger partial charge in [-0.05, 0) is 18.4 Å². The first kappa shape index (κ1) is 15.9. The van der Waals surface area contributed by atoms with E-state index in [1.54, 1.807) is 11.9 Å². The Balaban J connectivity index is 1.71. The van der Waals surface area contributed by atoms with E-state index < -0.39 is 5.54 Å². The Morgan fingerprint density at radius 2 is 2.00 bits per heavy atom. The lowest BCUT2D eigenvalue weighted by molar-refractivity contribution is -0.139. The van der Waals surface area contributed by atoms with E-state index in [0.29, 0.717) is 45.8 Å². The van der Waals surface area contributed by atoms with Crippen molar-refractivity contribution >= 4 is 5.91 Å². The normalized spacial score (nSPS) is 17.4. The van der Waals surface area contributed by atoms with Gasteiger partial charge in [0, 0.05) is 26.8 Å². The van der Waals surface area contributed by atoms with Crippen LogP contribution in [0.25, 0.3) is 0 Å². The van der Waals surface area contributed by atoms with Crippen molar-refractivity contribution in [3.05, 3.63) is 35.9 Å². The van der Waals surface area contributed by atoms with Gasteiger partial charge in [0.1, 0.15) is 0 Å². The number of amides is 1. The van der Waals surface area contributed by atoms with Crippen LogP contribution in [0.3, 0.4) is 0 Å². The fraction of sp³-hybridized carbons (Fsp3) is 0.562. The fourth-order valence-corrected chi connectivity index (χ4v) is 2.40. The zero-order valence-corrected chi connectivity index (χ0v) is 12.6. The van der Waals surface area contributed by atoms with Crippen molar-refractivity contribution < 1.29 is 14.3 Å². The van der Waals surface area contributed by atoms with Crippen molar-refractivity contribution in [1.82, 2.24) is 4.90 Å². The van der Waals surface area contributed by atoms with Crippen LogP contribution in [0.1, 0.15) is 18.4 Å². The average Bonchev–Trinajstić information content (AvgIpc) is 2.52. The third kappa shape index (κ3) is 4.52. The molecule has 0 saturated carbocycles. The van der Waals surface area contributed by atoms with Crippen LogP contribution in [0.5, 0.6) is 0 Å². The Morgan fingerprint density at radius 1 is 1.33 bits per heavy atom. The molecule has 1 aliphatic rings. The second-order valence-corrected chi connectivity index (χ2v) is 5.53. The highest BCUT2D eigenvalue weighted by molar-refractivity contribution is 5.86. The Kier molecular flexibility index (Phi) is 5.73. The summed E-state index contributed by atoms with van der Waals surface area (Å²) in [6.45, 7) is 2.72. The summed E-state index contributed by atoms with van der Waals surface area (Å²) in [6, 6.07) is 9.98. The fourth-order valence-electron chi connectivity index (χ4n) is 2.40. The minimum Gasteiger partial charge on any atom is -0.381 e. The molecule has 116 valence electrons. The molecule has 5 nitrogen and oxygen atoms in total. The topological polar surface area (TPSA) is 64.8 Å². The smallest absolute Gasteiger partial charge is 0.242 e. The lowest BCUT2D eigenvalue weighted by Gasteiger charge is -2.35. The van der Waals surface area contributed by atoms with Crippen LogP contribution in [-0.2, 0) is 20.9 Å². The molecule has 1 aliphatic heterocycles. The summed E-state index contributed by atoms with van der Waals surface area (Å²) in [4.78, 5) is 14.0. The first-order valence-corrected chi connectivity index (χ1v) is 7.36. The maximum atomic E-state index is 12.4. The van der Waals surface area contributed by atoms with Crippen LogP contribution in [0.15, 0.2) is 30.3 Å². The molecule has 2 N–H and O–H groups in total. The zero-order valence-electron chi connectivity index (χ0n) is 12.6. The molecular formula is C16H24N2O3. The third-order valence-electron chi connectivity index (χ3n) is 3.84. The lowest BCUT2D eigenvalue weighted by atomic mass is 9.90. The van der Waals surface area contributed by atoms with Gasteiger partial charge in [0.2, 0.25) is 5.91 Å². The van der Waals surface area contributed by atoms with E-state index in [9.17, 15) is 4.79 Å². The first-order chi connectivity index (χ1) is 10.1. The summed E-state index contributed by atoms with van der Waals surface area (Å²) >= 11 is 0. The van der Waals surface area contributed by atoms with Gasteiger partial charge in [-0.25, -0.2) is 0 Å². The SMILES string of the molecule is CN(CCOCc1ccccc1)C(=O)C1(N)CCOCC1. The number of benzene rings is 1. The van der Waals surface area contributed by atoms with Gasteiger partial charge in [0.25, 0.3) is 0 Å². The van der Waals surface area contributed by atoms with Gasteiger partial charge < -0.3 is 20.1 Å². The molecule has 0 unspecified atom stereocenters. The number of nitrogens with two attached hydrogens (primary N) is 1. The largest absolute Gasteiger partial charge is 0.381 e. The molecule has 0 aliphatic carbocycles. The molecule has 0 radical (unpaired) electrons. The second kappa shape index (κ2) is 7.54. The highest BCUT2D eigenvalue weighted by atomic mass is 16.5. The van der Waals surface area contributed by atoms with Gasteiger partial charge in [-0.15, -0.1) is 0 Å². The number of likely N-dealkylation sites (N-methyl/N-ethyl adjacent to an activating group) is 1. The molecule has 0 atom stereocenters. The highest BCUT2D eigenvalue weighted by Crippen LogP contribution is 2.19. The van der Waals surface area contributed by atoms with Crippen molar-refractivity contribution in [3.63, 3.8) is 0 Å². The number of carbonyl (C=O) groups excluding carboxylic acids is 1. The predicted octanol–water partition coefficient (Wildman–Crippen LogP) is 1.17. The molecule has 1 fully saturated rings. The van der Waals surface area contributed by atoms with Gasteiger partial charge in [0.05, 0.1) is 18.8 Å². The van der Waals surface area contributed by atoms with E-state index in [1.165, 1.54) is 0 Å². The molecule has 0 bridgehead atoms. The Morgan fingerprint density at radius 3 is 2.67 bits per heavy atom. The van der Waals surface area contributed by atoms with Crippen LogP contribution < -0.4 is 5.73 Å². The summed E-state index contributed by atoms with van der Waals surface area (Å²) in [7, 11) is 1.78. The van der Waals surface area contributed by atoms with Gasteiger partial charge >= 0.3 is 0 Å². The number of rotatable bonds is 6. The van der Waals surface area contributed by atoms with Gasteiger partial charge in [-0.1, -0.05) is 30.3 Å². The minimum atomic E-state index is -0.771. The molecule has 5 heteroatoms. The van der Waals surface area contributed by atoms with E-state index in [1.807, 2.05) is 30.3 Å². The van der Waals surface area contributed by atoms with Crippen LogP contribution in [0, 0.1) is 0 Å². The molecule has 1 aromatic carbocycles. The number of nitrogens with zero attached hydrogens (tertiary/aromatic N) is 1. The summed E-state index contributed by atoms with van der Waals surface area (Å²) < 4.78 is 10.9. The van der Waals surface area contributed by atoms with Crippen molar-refractivity contribution in [2.45, 2.75) is 25.0 Å². The Hall–Kier alpha value is -1.43. The van der Waals surface area contributed by atoms with E-state index in [2.05, 4.69) is 0 Å². The van der Waals surface area contributed by atoms with Gasteiger partial charge in [0.15, 0.2) is 0 Å².